The lowest BCUT2D eigenvalue weighted by atomic mass is 10.2. The van der Waals surface area contributed by atoms with Gasteiger partial charge < -0.3 is 9.47 Å². The summed E-state index contributed by atoms with van der Waals surface area (Å²) in [5.41, 5.74) is 0.795. The molecule has 3 nitrogen and oxygen atoms in total. The van der Waals surface area contributed by atoms with Crippen LogP contribution in [0.1, 0.15) is 5.56 Å². The van der Waals surface area contributed by atoms with E-state index in [1.54, 1.807) is 13.2 Å². The second-order valence-corrected chi connectivity index (χ2v) is 3.24. The van der Waals surface area contributed by atoms with Crippen LogP contribution >= 0.6 is 11.6 Å². The van der Waals surface area contributed by atoms with Gasteiger partial charge in [-0.2, -0.15) is 0 Å². The van der Waals surface area contributed by atoms with Crippen LogP contribution in [0.3, 0.4) is 0 Å². The largest absolute Gasteiger partial charge is 0.495 e. The minimum atomic E-state index is 0.552. The number of aliphatic imine (C=N–C) groups is 1. The molecule has 1 heterocycles. The second kappa shape index (κ2) is 3.88. The van der Waals surface area contributed by atoms with E-state index in [9.17, 15) is 0 Å². The van der Waals surface area contributed by atoms with E-state index in [-0.39, 0.29) is 0 Å². The predicted molar refractivity (Wildman–Crippen MR) is 55.4 cm³/mol. The standard InChI is InChI=1S/C10H10ClNO2/c1-13-8-4-2-3-7(9(8)11)10-12-5-6-14-10/h2-4H,5-6H2,1H3. The highest BCUT2D eigenvalue weighted by molar-refractivity contribution is 6.35. The summed E-state index contributed by atoms with van der Waals surface area (Å²) in [4.78, 5) is 4.20. The molecule has 1 aliphatic heterocycles. The predicted octanol–water partition coefficient (Wildman–Crippen LogP) is 2.13. The van der Waals surface area contributed by atoms with Crippen molar-refractivity contribution in [2.45, 2.75) is 0 Å². The molecule has 14 heavy (non-hydrogen) atoms. The average molecular weight is 212 g/mol. The molecular weight excluding hydrogens is 202 g/mol. The summed E-state index contributed by atoms with van der Waals surface area (Å²) < 4.78 is 10.4. The molecule has 1 aromatic rings. The van der Waals surface area contributed by atoms with Crippen molar-refractivity contribution in [3.8, 4) is 5.75 Å². The average Bonchev–Trinajstić information content (AvgIpc) is 2.71. The maximum absolute atomic E-state index is 6.10. The lowest BCUT2D eigenvalue weighted by Crippen LogP contribution is -2.02. The maximum Gasteiger partial charge on any atom is 0.217 e. The molecule has 0 bridgehead atoms. The van der Waals surface area contributed by atoms with Crippen molar-refractivity contribution in [1.82, 2.24) is 0 Å². The van der Waals surface area contributed by atoms with E-state index in [1.807, 2.05) is 12.1 Å². The minimum Gasteiger partial charge on any atom is -0.495 e. The molecule has 0 atom stereocenters. The number of nitrogens with zero attached hydrogens (tertiary/aromatic N) is 1. The van der Waals surface area contributed by atoms with Gasteiger partial charge in [0.1, 0.15) is 12.4 Å². The highest BCUT2D eigenvalue weighted by Gasteiger charge is 2.15. The Hall–Kier alpha value is -1.22. The Bertz CT molecular complexity index is 376. The monoisotopic (exact) mass is 211 g/mol. The third-order valence-electron chi connectivity index (χ3n) is 2.00. The Morgan fingerprint density at radius 1 is 1.50 bits per heavy atom. The molecule has 0 saturated carbocycles. The van der Waals surface area contributed by atoms with E-state index in [0.29, 0.717) is 29.8 Å². The number of hydrogen-bond acceptors (Lipinski definition) is 3. The van der Waals surface area contributed by atoms with Gasteiger partial charge >= 0.3 is 0 Å². The van der Waals surface area contributed by atoms with Crippen molar-refractivity contribution in [1.29, 1.82) is 0 Å². The number of rotatable bonds is 2. The molecule has 4 heteroatoms. The molecular formula is C10H10ClNO2. The van der Waals surface area contributed by atoms with E-state index in [4.69, 9.17) is 21.1 Å². The van der Waals surface area contributed by atoms with E-state index in [1.165, 1.54) is 0 Å². The van der Waals surface area contributed by atoms with Crippen molar-refractivity contribution < 1.29 is 9.47 Å². The van der Waals surface area contributed by atoms with E-state index < -0.39 is 0 Å². The van der Waals surface area contributed by atoms with Crippen molar-refractivity contribution in [2.75, 3.05) is 20.3 Å². The summed E-state index contributed by atoms with van der Waals surface area (Å²) >= 11 is 6.10. The highest BCUT2D eigenvalue weighted by Crippen LogP contribution is 2.29. The van der Waals surface area contributed by atoms with Crippen LogP contribution in [0.4, 0.5) is 0 Å². The van der Waals surface area contributed by atoms with E-state index >= 15 is 0 Å². The van der Waals surface area contributed by atoms with Gasteiger partial charge in [-0.15, -0.1) is 0 Å². The van der Waals surface area contributed by atoms with Gasteiger partial charge in [-0.3, -0.25) is 0 Å². The normalized spacial score (nSPS) is 14.9. The lowest BCUT2D eigenvalue weighted by molar-refractivity contribution is 0.348. The minimum absolute atomic E-state index is 0.552. The highest BCUT2D eigenvalue weighted by atomic mass is 35.5. The van der Waals surface area contributed by atoms with Gasteiger partial charge in [-0.1, -0.05) is 17.7 Å². The Morgan fingerprint density at radius 3 is 3.00 bits per heavy atom. The van der Waals surface area contributed by atoms with Gasteiger partial charge in [0.25, 0.3) is 0 Å². The van der Waals surface area contributed by atoms with Gasteiger partial charge in [0.15, 0.2) is 0 Å². The fraction of sp³-hybridized carbons (Fsp3) is 0.300. The number of halogens is 1. The van der Waals surface area contributed by atoms with Gasteiger partial charge in [-0.05, 0) is 12.1 Å². The van der Waals surface area contributed by atoms with Crippen LogP contribution in [-0.4, -0.2) is 26.2 Å². The number of methoxy groups -OCH3 is 1. The molecule has 0 saturated heterocycles. The molecule has 0 radical (unpaired) electrons. The summed E-state index contributed by atoms with van der Waals surface area (Å²) in [6.07, 6.45) is 0. The fourth-order valence-electron chi connectivity index (χ4n) is 1.33. The van der Waals surface area contributed by atoms with E-state index in [0.717, 1.165) is 5.56 Å². The van der Waals surface area contributed by atoms with Crippen LogP contribution in [0.5, 0.6) is 5.75 Å². The lowest BCUT2D eigenvalue weighted by Gasteiger charge is -2.07. The quantitative estimate of drug-likeness (QED) is 0.751. The summed E-state index contributed by atoms with van der Waals surface area (Å²) in [5.74, 6) is 1.25. The first-order valence-electron chi connectivity index (χ1n) is 4.33. The molecule has 0 fully saturated rings. The third-order valence-corrected chi connectivity index (χ3v) is 2.39. The summed E-state index contributed by atoms with van der Waals surface area (Å²) in [5, 5.41) is 0.552. The summed E-state index contributed by atoms with van der Waals surface area (Å²) in [6.45, 7) is 1.33. The molecule has 1 aliphatic rings. The first-order valence-corrected chi connectivity index (χ1v) is 4.71. The zero-order valence-electron chi connectivity index (χ0n) is 7.79. The van der Waals surface area contributed by atoms with Crippen LogP contribution < -0.4 is 4.74 Å². The zero-order chi connectivity index (χ0) is 9.97. The summed E-state index contributed by atoms with van der Waals surface area (Å²) in [7, 11) is 1.59. The van der Waals surface area contributed by atoms with E-state index in [2.05, 4.69) is 4.99 Å². The smallest absolute Gasteiger partial charge is 0.217 e. The Kier molecular flexibility index (Phi) is 2.59. The number of benzene rings is 1. The van der Waals surface area contributed by atoms with Gasteiger partial charge in [-0.25, -0.2) is 4.99 Å². The first kappa shape index (κ1) is 9.34. The molecule has 0 N–H and O–H groups in total. The van der Waals surface area contributed by atoms with Gasteiger partial charge in [0.2, 0.25) is 5.90 Å². The van der Waals surface area contributed by atoms with Crippen LogP contribution in [0.15, 0.2) is 23.2 Å². The fourth-order valence-corrected chi connectivity index (χ4v) is 1.62. The Balaban J connectivity index is 2.42. The molecule has 0 aromatic heterocycles. The van der Waals surface area contributed by atoms with Crippen LogP contribution in [0.2, 0.25) is 5.02 Å². The zero-order valence-corrected chi connectivity index (χ0v) is 8.54. The molecule has 0 unspecified atom stereocenters. The van der Waals surface area contributed by atoms with Gasteiger partial charge in [0, 0.05) is 0 Å². The molecule has 2 rings (SSSR count). The van der Waals surface area contributed by atoms with Crippen LogP contribution in [0, 0.1) is 0 Å². The molecule has 74 valence electrons. The first-order chi connectivity index (χ1) is 6.83. The SMILES string of the molecule is COc1cccc(C2=NCCO2)c1Cl. The Morgan fingerprint density at radius 2 is 2.36 bits per heavy atom. The van der Waals surface area contributed by atoms with Crippen molar-refractivity contribution >= 4 is 17.5 Å². The second-order valence-electron chi connectivity index (χ2n) is 2.86. The Labute approximate surface area is 87.3 Å². The van der Waals surface area contributed by atoms with Gasteiger partial charge in [0.05, 0.1) is 24.2 Å². The topological polar surface area (TPSA) is 30.8 Å². The molecule has 0 aliphatic carbocycles. The van der Waals surface area contributed by atoms with Crippen LogP contribution in [0.25, 0.3) is 0 Å². The third kappa shape index (κ3) is 1.55. The number of hydrogen-bond donors (Lipinski definition) is 0. The summed E-state index contributed by atoms with van der Waals surface area (Å²) in [6, 6.07) is 5.54. The molecule has 0 amide bonds. The maximum atomic E-state index is 6.10. The van der Waals surface area contributed by atoms with Crippen molar-refractivity contribution in [2.24, 2.45) is 4.99 Å². The van der Waals surface area contributed by atoms with Crippen molar-refractivity contribution in [3.63, 3.8) is 0 Å². The number of ether oxygens (including phenoxy) is 2. The van der Waals surface area contributed by atoms with Crippen molar-refractivity contribution in [3.05, 3.63) is 28.8 Å². The molecule has 0 spiro atoms. The van der Waals surface area contributed by atoms with Crippen LogP contribution in [-0.2, 0) is 4.74 Å². The molecule has 1 aromatic carbocycles.